The lowest BCUT2D eigenvalue weighted by Crippen LogP contribution is -2.05. The summed E-state index contributed by atoms with van der Waals surface area (Å²) in [6.07, 6.45) is 0. The van der Waals surface area contributed by atoms with Crippen molar-refractivity contribution in [3.63, 3.8) is 0 Å². The maximum Gasteiger partial charge on any atom is 0.196 e. The molecule has 3 aromatic carbocycles. The molecular formula is C24H20ClN3O3S. The van der Waals surface area contributed by atoms with Gasteiger partial charge in [-0.1, -0.05) is 35.5 Å². The predicted molar refractivity (Wildman–Crippen MR) is 126 cm³/mol. The van der Waals surface area contributed by atoms with Crippen LogP contribution in [-0.2, 0) is 0 Å². The molecule has 6 nitrogen and oxygen atoms in total. The summed E-state index contributed by atoms with van der Waals surface area (Å²) in [6.45, 7) is 0. The van der Waals surface area contributed by atoms with Crippen molar-refractivity contribution in [2.24, 2.45) is 0 Å². The molecule has 32 heavy (non-hydrogen) atoms. The number of benzene rings is 3. The fourth-order valence-electron chi connectivity index (χ4n) is 3.13. The van der Waals surface area contributed by atoms with Crippen LogP contribution in [0.25, 0.3) is 17.1 Å². The molecule has 1 heterocycles. The summed E-state index contributed by atoms with van der Waals surface area (Å²) in [6, 6.07) is 22.1. The van der Waals surface area contributed by atoms with E-state index in [1.807, 2.05) is 53.1 Å². The van der Waals surface area contributed by atoms with Crippen molar-refractivity contribution in [2.45, 2.75) is 5.16 Å². The van der Waals surface area contributed by atoms with Gasteiger partial charge in [0.15, 0.2) is 16.8 Å². The van der Waals surface area contributed by atoms with Crippen molar-refractivity contribution < 1.29 is 14.3 Å². The highest BCUT2D eigenvalue weighted by atomic mass is 35.5. The zero-order valence-electron chi connectivity index (χ0n) is 17.5. The molecule has 162 valence electrons. The van der Waals surface area contributed by atoms with Crippen LogP contribution in [0.5, 0.6) is 11.5 Å². The van der Waals surface area contributed by atoms with Crippen LogP contribution in [0.2, 0.25) is 5.02 Å². The Kier molecular flexibility index (Phi) is 6.78. The molecule has 0 atom stereocenters. The van der Waals surface area contributed by atoms with Gasteiger partial charge in [0.2, 0.25) is 0 Å². The Hall–Kier alpha value is -3.29. The maximum atomic E-state index is 12.7. The number of hydrogen-bond donors (Lipinski definition) is 0. The number of ether oxygens (including phenoxy) is 2. The molecule has 0 aliphatic rings. The summed E-state index contributed by atoms with van der Waals surface area (Å²) in [5.41, 5.74) is 2.31. The maximum absolute atomic E-state index is 12.7. The topological polar surface area (TPSA) is 66.2 Å². The number of halogens is 1. The third kappa shape index (κ3) is 4.79. The zero-order chi connectivity index (χ0) is 22.5. The summed E-state index contributed by atoms with van der Waals surface area (Å²) in [5, 5.41) is 10.00. The van der Waals surface area contributed by atoms with Gasteiger partial charge in [-0.15, -0.1) is 10.2 Å². The van der Waals surface area contributed by atoms with Gasteiger partial charge in [-0.2, -0.15) is 0 Å². The standard InChI is InChI=1S/C24H20ClN3O3S/c1-30-20-12-10-19(11-13-20)28-23(17-4-3-5-21(14-17)31-2)26-27-24(28)32-15-22(29)16-6-8-18(25)9-7-16/h3-14H,15H2,1-2H3. The third-order valence-corrected chi connectivity index (χ3v) is 5.97. The monoisotopic (exact) mass is 465 g/mol. The van der Waals surface area contributed by atoms with E-state index in [0.29, 0.717) is 21.6 Å². The summed E-state index contributed by atoms with van der Waals surface area (Å²) < 4.78 is 12.6. The summed E-state index contributed by atoms with van der Waals surface area (Å²) in [7, 11) is 3.25. The lowest BCUT2D eigenvalue weighted by atomic mass is 10.1. The van der Waals surface area contributed by atoms with E-state index in [9.17, 15) is 4.79 Å². The molecule has 1 aromatic heterocycles. The first-order valence-electron chi connectivity index (χ1n) is 9.75. The minimum atomic E-state index is -0.0149. The molecule has 0 amide bonds. The number of carbonyl (C=O) groups excluding carboxylic acids is 1. The number of ketones is 1. The first kappa shape index (κ1) is 21.9. The summed E-state index contributed by atoms with van der Waals surface area (Å²) >= 11 is 7.25. The number of aromatic nitrogens is 3. The zero-order valence-corrected chi connectivity index (χ0v) is 19.1. The largest absolute Gasteiger partial charge is 0.497 e. The van der Waals surface area contributed by atoms with Gasteiger partial charge in [0.05, 0.1) is 20.0 Å². The average Bonchev–Trinajstić information content (AvgIpc) is 3.27. The van der Waals surface area contributed by atoms with Gasteiger partial charge in [0.25, 0.3) is 0 Å². The van der Waals surface area contributed by atoms with Crippen molar-refractivity contribution in [1.82, 2.24) is 14.8 Å². The first-order valence-corrected chi connectivity index (χ1v) is 11.1. The quantitative estimate of drug-likeness (QED) is 0.250. The molecule has 0 aliphatic carbocycles. The van der Waals surface area contributed by atoms with E-state index < -0.39 is 0 Å². The molecular weight excluding hydrogens is 446 g/mol. The second kappa shape index (κ2) is 9.89. The van der Waals surface area contributed by atoms with Gasteiger partial charge in [-0.3, -0.25) is 9.36 Å². The molecule has 0 saturated carbocycles. The molecule has 4 aromatic rings. The number of rotatable bonds is 8. The molecule has 8 heteroatoms. The summed E-state index contributed by atoms with van der Waals surface area (Å²) in [4.78, 5) is 12.7. The molecule has 0 spiro atoms. The molecule has 4 rings (SSSR count). The highest BCUT2D eigenvalue weighted by Crippen LogP contribution is 2.30. The average molecular weight is 466 g/mol. The first-order chi connectivity index (χ1) is 15.6. The second-order valence-corrected chi connectivity index (χ2v) is 8.17. The van der Waals surface area contributed by atoms with Crippen LogP contribution in [0.1, 0.15) is 10.4 Å². The van der Waals surface area contributed by atoms with Gasteiger partial charge in [0, 0.05) is 21.8 Å². The fraction of sp³-hybridized carbons (Fsp3) is 0.125. The fourth-order valence-corrected chi connectivity index (χ4v) is 4.10. The van der Waals surface area contributed by atoms with Crippen molar-refractivity contribution in [1.29, 1.82) is 0 Å². The van der Waals surface area contributed by atoms with Gasteiger partial charge < -0.3 is 9.47 Å². The van der Waals surface area contributed by atoms with Crippen molar-refractivity contribution in [2.75, 3.05) is 20.0 Å². The van der Waals surface area contributed by atoms with E-state index in [2.05, 4.69) is 10.2 Å². The van der Waals surface area contributed by atoms with Crippen LogP contribution in [0.4, 0.5) is 0 Å². The van der Waals surface area contributed by atoms with E-state index in [1.54, 1.807) is 38.5 Å². The molecule has 0 unspecified atom stereocenters. The number of nitrogens with zero attached hydrogens (tertiary/aromatic N) is 3. The third-order valence-electron chi connectivity index (χ3n) is 4.79. The van der Waals surface area contributed by atoms with Gasteiger partial charge in [-0.25, -0.2) is 0 Å². The number of Topliss-reactive ketones (excluding diaryl/α,β-unsaturated/α-hetero) is 1. The Morgan fingerprint density at radius 2 is 1.66 bits per heavy atom. The Morgan fingerprint density at radius 1 is 0.938 bits per heavy atom. The SMILES string of the molecule is COc1ccc(-n2c(SCC(=O)c3ccc(Cl)cc3)nnc2-c2cccc(OC)c2)cc1. The lowest BCUT2D eigenvalue weighted by Gasteiger charge is -2.11. The van der Waals surface area contributed by atoms with E-state index in [0.717, 1.165) is 22.7 Å². The van der Waals surface area contributed by atoms with Crippen LogP contribution < -0.4 is 9.47 Å². The Labute approximate surface area is 195 Å². The molecule has 0 N–H and O–H groups in total. The smallest absolute Gasteiger partial charge is 0.196 e. The summed E-state index contributed by atoms with van der Waals surface area (Å²) in [5.74, 6) is 2.32. The van der Waals surface area contributed by atoms with Crippen LogP contribution in [-0.4, -0.2) is 40.5 Å². The molecule has 0 saturated heterocycles. The minimum Gasteiger partial charge on any atom is -0.497 e. The minimum absolute atomic E-state index is 0.0149. The van der Waals surface area contributed by atoms with E-state index in [1.165, 1.54) is 11.8 Å². The van der Waals surface area contributed by atoms with E-state index in [4.69, 9.17) is 21.1 Å². The van der Waals surface area contributed by atoms with Crippen LogP contribution >= 0.6 is 23.4 Å². The Morgan fingerprint density at radius 3 is 2.34 bits per heavy atom. The number of methoxy groups -OCH3 is 2. The van der Waals surface area contributed by atoms with Crippen molar-refractivity contribution in [3.8, 4) is 28.6 Å². The van der Waals surface area contributed by atoms with Crippen molar-refractivity contribution >= 4 is 29.1 Å². The predicted octanol–water partition coefficient (Wildman–Crippen LogP) is 5.58. The van der Waals surface area contributed by atoms with Crippen molar-refractivity contribution in [3.05, 3.63) is 83.4 Å². The van der Waals surface area contributed by atoms with Crippen LogP contribution in [0.15, 0.2) is 78.0 Å². The molecule has 0 bridgehead atoms. The molecule has 0 radical (unpaired) electrons. The van der Waals surface area contributed by atoms with E-state index >= 15 is 0 Å². The number of hydrogen-bond acceptors (Lipinski definition) is 6. The second-order valence-electron chi connectivity index (χ2n) is 6.79. The Balaban J connectivity index is 1.69. The van der Waals surface area contributed by atoms with Crippen LogP contribution in [0.3, 0.4) is 0 Å². The number of carbonyl (C=O) groups is 1. The molecule has 0 fully saturated rings. The lowest BCUT2D eigenvalue weighted by molar-refractivity contribution is 0.102. The number of thioether (sulfide) groups is 1. The van der Waals surface area contributed by atoms with Gasteiger partial charge in [-0.05, 0) is 60.7 Å². The van der Waals surface area contributed by atoms with Crippen LogP contribution in [0, 0.1) is 0 Å². The highest BCUT2D eigenvalue weighted by Gasteiger charge is 2.18. The molecule has 0 aliphatic heterocycles. The highest BCUT2D eigenvalue weighted by molar-refractivity contribution is 7.99. The van der Waals surface area contributed by atoms with E-state index in [-0.39, 0.29) is 11.5 Å². The van der Waals surface area contributed by atoms with Gasteiger partial charge in [0.1, 0.15) is 11.5 Å². The van der Waals surface area contributed by atoms with Gasteiger partial charge >= 0.3 is 0 Å². The Bertz CT molecular complexity index is 1220. The normalized spacial score (nSPS) is 10.7.